The zero-order valence-electron chi connectivity index (χ0n) is 10.6. The van der Waals surface area contributed by atoms with Crippen LogP contribution in [0.25, 0.3) is 0 Å². The normalized spacial score (nSPS) is 32.4. The van der Waals surface area contributed by atoms with Gasteiger partial charge >= 0.3 is 0 Å². The van der Waals surface area contributed by atoms with Gasteiger partial charge in [0.1, 0.15) is 5.75 Å². The van der Waals surface area contributed by atoms with E-state index in [0.717, 1.165) is 5.56 Å². The Morgan fingerprint density at radius 1 is 1.44 bits per heavy atom. The highest BCUT2D eigenvalue weighted by Gasteiger charge is 2.42. The Morgan fingerprint density at radius 2 is 2.22 bits per heavy atom. The van der Waals surface area contributed by atoms with Crippen LogP contribution >= 0.6 is 0 Å². The molecule has 0 heterocycles. The maximum atomic E-state index is 10.9. The van der Waals surface area contributed by atoms with Crippen molar-refractivity contribution in [3.63, 3.8) is 0 Å². The minimum atomic E-state index is -0.971. The van der Waals surface area contributed by atoms with Crippen molar-refractivity contribution in [3.8, 4) is 5.75 Å². The summed E-state index contributed by atoms with van der Waals surface area (Å²) < 4.78 is 0. The van der Waals surface area contributed by atoms with E-state index in [1.165, 1.54) is 0 Å². The summed E-state index contributed by atoms with van der Waals surface area (Å²) in [5, 5.41) is 33.3. The van der Waals surface area contributed by atoms with E-state index in [1.807, 2.05) is 13.1 Å². The van der Waals surface area contributed by atoms with Gasteiger partial charge in [0.2, 0.25) is 0 Å². The molecule has 2 rings (SSSR count). The number of phenols is 1. The molecule has 1 aliphatic carbocycles. The monoisotopic (exact) mass is 251 g/mol. The van der Waals surface area contributed by atoms with E-state index in [0.29, 0.717) is 25.8 Å². The summed E-state index contributed by atoms with van der Waals surface area (Å²) in [7, 11) is 1.84. The highest BCUT2D eigenvalue weighted by molar-refractivity contribution is 5.32. The van der Waals surface area contributed by atoms with Crippen molar-refractivity contribution >= 4 is 0 Å². The Morgan fingerprint density at radius 3 is 2.89 bits per heavy atom. The Labute approximate surface area is 107 Å². The number of hydrogen-bond donors (Lipinski definition) is 4. The molecule has 0 bridgehead atoms. The standard InChI is InChI=1S/C14H21NO3/c1-15-9-11-8-13(17)5-6-14(11,18)10-3-2-4-12(16)7-10/h2-4,7,11,13,15-18H,5-6,8-9H2,1H3/t11-,13?,14+/m1/s1. The Balaban J connectivity index is 2.31. The van der Waals surface area contributed by atoms with Crippen LogP contribution in [-0.4, -0.2) is 35.0 Å². The molecular formula is C14H21NO3. The molecule has 100 valence electrons. The lowest BCUT2D eigenvalue weighted by Gasteiger charge is -2.42. The third kappa shape index (κ3) is 2.51. The van der Waals surface area contributed by atoms with Crippen LogP contribution in [0.4, 0.5) is 0 Å². The summed E-state index contributed by atoms with van der Waals surface area (Å²) in [4.78, 5) is 0. The molecule has 0 radical (unpaired) electrons. The first-order valence-corrected chi connectivity index (χ1v) is 6.41. The van der Waals surface area contributed by atoms with Gasteiger partial charge in [-0.2, -0.15) is 0 Å². The summed E-state index contributed by atoms with van der Waals surface area (Å²) in [6.45, 7) is 0.642. The fourth-order valence-corrected chi connectivity index (χ4v) is 2.89. The number of aromatic hydroxyl groups is 1. The minimum Gasteiger partial charge on any atom is -0.508 e. The third-order valence-electron chi connectivity index (χ3n) is 3.89. The van der Waals surface area contributed by atoms with Gasteiger partial charge in [0, 0.05) is 12.5 Å². The van der Waals surface area contributed by atoms with E-state index in [-0.39, 0.29) is 17.8 Å². The van der Waals surface area contributed by atoms with Crippen LogP contribution in [0.2, 0.25) is 0 Å². The quantitative estimate of drug-likeness (QED) is 0.645. The summed E-state index contributed by atoms with van der Waals surface area (Å²) >= 11 is 0. The summed E-state index contributed by atoms with van der Waals surface area (Å²) in [6, 6.07) is 6.78. The van der Waals surface area contributed by atoms with Crippen molar-refractivity contribution in [2.75, 3.05) is 13.6 Å². The smallest absolute Gasteiger partial charge is 0.115 e. The van der Waals surface area contributed by atoms with E-state index >= 15 is 0 Å². The molecule has 0 aromatic heterocycles. The van der Waals surface area contributed by atoms with Gasteiger partial charge < -0.3 is 20.6 Å². The molecule has 1 aromatic rings. The summed E-state index contributed by atoms with van der Waals surface area (Å²) in [5.41, 5.74) is -0.240. The molecule has 0 spiro atoms. The highest BCUT2D eigenvalue weighted by atomic mass is 16.3. The van der Waals surface area contributed by atoms with Crippen LogP contribution in [0.15, 0.2) is 24.3 Å². The van der Waals surface area contributed by atoms with E-state index in [9.17, 15) is 15.3 Å². The first-order valence-electron chi connectivity index (χ1n) is 6.41. The lowest BCUT2D eigenvalue weighted by molar-refractivity contribution is -0.0847. The zero-order valence-corrected chi connectivity index (χ0v) is 10.6. The predicted molar refractivity (Wildman–Crippen MR) is 69.3 cm³/mol. The van der Waals surface area contributed by atoms with Gasteiger partial charge in [0.25, 0.3) is 0 Å². The minimum absolute atomic E-state index is 0.0481. The lowest BCUT2D eigenvalue weighted by atomic mass is 9.70. The second-order valence-electron chi connectivity index (χ2n) is 5.16. The number of nitrogens with one attached hydrogen (secondary N) is 1. The zero-order chi connectivity index (χ0) is 13.2. The van der Waals surface area contributed by atoms with Crippen molar-refractivity contribution in [3.05, 3.63) is 29.8 Å². The number of rotatable bonds is 3. The Hall–Kier alpha value is -1.10. The number of aliphatic hydroxyl groups is 2. The lowest BCUT2D eigenvalue weighted by Crippen LogP contribution is -2.46. The third-order valence-corrected chi connectivity index (χ3v) is 3.89. The van der Waals surface area contributed by atoms with E-state index in [1.54, 1.807) is 18.2 Å². The average Bonchev–Trinajstić information content (AvgIpc) is 2.34. The first kappa shape index (κ1) is 13.3. The maximum absolute atomic E-state index is 10.9. The SMILES string of the molecule is CNC[C@H]1CC(O)CC[C@]1(O)c1cccc(O)c1. The van der Waals surface area contributed by atoms with E-state index in [4.69, 9.17) is 0 Å². The molecule has 4 heteroatoms. The predicted octanol–water partition coefficient (Wildman–Crippen LogP) is 0.960. The molecule has 0 saturated heterocycles. The van der Waals surface area contributed by atoms with Gasteiger partial charge in [-0.25, -0.2) is 0 Å². The van der Waals surface area contributed by atoms with Gasteiger partial charge in [-0.05, 0) is 44.0 Å². The molecule has 18 heavy (non-hydrogen) atoms. The summed E-state index contributed by atoms with van der Waals surface area (Å²) in [5.74, 6) is 0.114. The summed E-state index contributed by atoms with van der Waals surface area (Å²) in [6.07, 6.45) is 1.34. The molecule has 1 unspecified atom stereocenters. The number of aliphatic hydroxyl groups excluding tert-OH is 1. The van der Waals surface area contributed by atoms with Gasteiger partial charge in [0.05, 0.1) is 11.7 Å². The fourth-order valence-electron chi connectivity index (χ4n) is 2.89. The largest absolute Gasteiger partial charge is 0.508 e. The molecule has 1 fully saturated rings. The molecule has 4 nitrogen and oxygen atoms in total. The van der Waals surface area contributed by atoms with Gasteiger partial charge in [-0.15, -0.1) is 0 Å². The molecule has 3 atom stereocenters. The molecule has 4 N–H and O–H groups in total. The van der Waals surface area contributed by atoms with Crippen LogP contribution < -0.4 is 5.32 Å². The average molecular weight is 251 g/mol. The second kappa shape index (κ2) is 5.26. The van der Waals surface area contributed by atoms with Crippen molar-refractivity contribution in [1.29, 1.82) is 0 Å². The Kier molecular flexibility index (Phi) is 3.90. The topological polar surface area (TPSA) is 72.7 Å². The van der Waals surface area contributed by atoms with Crippen molar-refractivity contribution in [2.45, 2.75) is 31.0 Å². The van der Waals surface area contributed by atoms with Crippen LogP contribution in [0.5, 0.6) is 5.75 Å². The molecule has 1 aromatic carbocycles. The van der Waals surface area contributed by atoms with Crippen LogP contribution in [-0.2, 0) is 5.60 Å². The van der Waals surface area contributed by atoms with E-state index < -0.39 is 5.60 Å². The van der Waals surface area contributed by atoms with Crippen LogP contribution in [0.1, 0.15) is 24.8 Å². The molecule has 0 amide bonds. The molecule has 1 aliphatic rings. The first-order chi connectivity index (χ1) is 8.56. The number of benzene rings is 1. The second-order valence-corrected chi connectivity index (χ2v) is 5.16. The van der Waals surface area contributed by atoms with Gasteiger partial charge in [0.15, 0.2) is 0 Å². The highest BCUT2D eigenvalue weighted by Crippen LogP contribution is 2.42. The molecule has 0 aliphatic heterocycles. The molecule has 1 saturated carbocycles. The molecular weight excluding hydrogens is 230 g/mol. The number of hydrogen-bond acceptors (Lipinski definition) is 4. The van der Waals surface area contributed by atoms with Crippen molar-refractivity contribution < 1.29 is 15.3 Å². The number of phenolic OH excluding ortho intramolecular Hbond substituents is 1. The maximum Gasteiger partial charge on any atom is 0.115 e. The van der Waals surface area contributed by atoms with Gasteiger partial charge in [-0.3, -0.25) is 0 Å². The fraction of sp³-hybridized carbons (Fsp3) is 0.571. The van der Waals surface area contributed by atoms with E-state index in [2.05, 4.69) is 5.32 Å². The van der Waals surface area contributed by atoms with Gasteiger partial charge in [-0.1, -0.05) is 12.1 Å². The van der Waals surface area contributed by atoms with Crippen molar-refractivity contribution in [2.24, 2.45) is 5.92 Å². The van der Waals surface area contributed by atoms with Crippen LogP contribution in [0, 0.1) is 5.92 Å². The Bertz CT molecular complexity index is 410. The van der Waals surface area contributed by atoms with Crippen molar-refractivity contribution in [1.82, 2.24) is 5.32 Å². The van der Waals surface area contributed by atoms with Crippen LogP contribution in [0.3, 0.4) is 0 Å².